The first kappa shape index (κ1) is 17.0. The average molecular weight is 384 g/mol. The van der Waals surface area contributed by atoms with Crippen LogP contribution in [0.2, 0.25) is 5.02 Å². The number of methoxy groups -OCH3 is 1. The van der Waals surface area contributed by atoms with Crippen LogP contribution in [0.4, 0.5) is 0 Å². The Morgan fingerprint density at radius 3 is 2.67 bits per heavy atom. The fraction of sp³-hybridized carbons (Fsp3) is 0.111. The molecule has 4 aromatic rings. The summed E-state index contributed by atoms with van der Waals surface area (Å²) in [4.78, 5) is 15.7. The van der Waals surface area contributed by atoms with Crippen LogP contribution in [0.15, 0.2) is 42.9 Å². The molecule has 0 atom stereocenters. The predicted octanol–water partition coefficient (Wildman–Crippen LogP) is 3.16. The van der Waals surface area contributed by atoms with Crippen LogP contribution in [-0.4, -0.2) is 42.6 Å². The molecule has 3 heterocycles. The lowest BCUT2D eigenvalue weighted by Crippen LogP contribution is -2.01. The van der Waals surface area contributed by atoms with Gasteiger partial charge in [-0.05, 0) is 24.3 Å². The van der Waals surface area contributed by atoms with Gasteiger partial charge in [-0.2, -0.15) is 5.10 Å². The number of aryl methyl sites for hydroxylation is 1. The van der Waals surface area contributed by atoms with Crippen LogP contribution in [0, 0.1) is 0 Å². The first-order chi connectivity index (χ1) is 13.0. The molecule has 0 amide bonds. The number of benzene rings is 1. The van der Waals surface area contributed by atoms with Crippen molar-refractivity contribution < 1.29 is 14.6 Å². The molecule has 4 rings (SSSR count). The van der Waals surface area contributed by atoms with Crippen LogP contribution in [0.1, 0.15) is 10.4 Å². The normalized spacial score (nSPS) is 11.1. The van der Waals surface area contributed by atoms with E-state index in [9.17, 15) is 9.90 Å². The molecule has 0 spiro atoms. The fourth-order valence-corrected chi connectivity index (χ4v) is 3.11. The smallest absolute Gasteiger partial charge is 0.335 e. The van der Waals surface area contributed by atoms with Gasteiger partial charge >= 0.3 is 5.97 Å². The van der Waals surface area contributed by atoms with Gasteiger partial charge in [-0.3, -0.25) is 4.68 Å². The second-order valence-electron chi connectivity index (χ2n) is 5.92. The number of carboxylic acid groups (broad SMARTS) is 1. The number of fused-ring (bicyclic) bond motifs is 1. The summed E-state index contributed by atoms with van der Waals surface area (Å²) in [6.07, 6.45) is 5.19. The van der Waals surface area contributed by atoms with Crippen molar-refractivity contribution in [2.45, 2.75) is 0 Å². The number of imidazole rings is 1. The molecule has 0 radical (unpaired) electrons. The van der Waals surface area contributed by atoms with E-state index in [1.807, 2.05) is 19.3 Å². The lowest BCUT2D eigenvalue weighted by Gasteiger charge is -2.08. The van der Waals surface area contributed by atoms with Gasteiger partial charge in [0.15, 0.2) is 5.65 Å². The molecule has 0 saturated heterocycles. The maximum atomic E-state index is 11.3. The lowest BCUT2D eigenvalue weighted by atomic mass is 10.1. The van der Waals surface area contributed by atoms with Crippen LogP contribution < -0.4 is 4.74 Å². The van der Waals surface area contributed by atoms with E-state index < -0.39 is 5.97 Å². The Balaban J connectivity index is 1.91. The van der Waals surface area contributed by atoms with Gasteiger partial charge in [0.2, 0.25) is 5.88 Å². The zero-order valence-electron chi connectivity index (χ0n) is 14.4. The van der Waals surface area contributed by atoms with Crippen molar-refractivity contribution in [1.29, 1.82) is 0 Å². The standard InChI is InChI=1S/C18H14ClN5O3/c1-23-9-12(7-21-23)14-6-16-20-8-15(24(16)22-17(14)27-2)10-3-11(18(25)26)5-13(19)4-10/h3-9H,1-2H3,(H,25,26). The first-order valence-electron chi connectivity index (χ1n) is 7.92. The Labute approximate surface area is 158 Å². The van der Waals surface area contributed by atoms with E-state index in [1.165, 1.54) is 19.2 Å². The van der Waals surface area contributed by atoms with E-state index in [1.54, 1.807) is 27.7 Å². The van der Waals surface area contributed by atoms with Gasteiger partial charge < -0.3 is 9.84 Å². The number of rotatable bonds is 4. The number of carboxylic acids is 1. The Bertz CT molecular complexity index is 1180. The van der Waals surface area contributed by atoms with Crippen molar-refractivity contribution in [3.63, 3.8) is 0 Å². The molecule has 0 fully saturated rings. The molecule has 9 heteroatoms. The maximum Gasteiger partial charge on any atom is 0.335 e. The number of aromatic nitrogens is 5. The average Bonchev–Trinajstić information content (AvgIpc) is 3.25. The van der Waals surface area contributed by atoms with Gasteiger partial charge in [-0.1, -0.05) is 11.6 Å². The van der Waals surface area contributed by atoms with Crippen LogP contribution in [0.5, 0.6) is 5.88 Å². The SMILES string of the molecule is COc1nn2c(-c3cc(Cl)cc(C(=O)O)c3)cnc2cc1-c1cnn(C)c1. The highest BCUT2D eigenvalue weighted by atomic mass is 35.5. The summed E-state index contributed by atoms with van der Waals surface area (Å²) in [6, 6.07) is 6.43. The molecule has 0 bridgehead atoms. The minimum absolute atomic E-state index is 0.0893. The number of halogens is 1. The van der Waals surface area contributed by atoms with Gasteiger partial charge in [0.05, 0.1) is 36.3 Å². The summed E-state index contributed by atoms with van der Waals surface area (Å²) in [7, 11) is 3.36. The molecule has 1 aromatic carbocycles. The molecule has 1 N–H and O–H groups in total. The largest absolute Gasteiger partial charge is 0.480 e. The van der Waals surface area contributed by atoms with Crippen LogP contribution in [-0.2, 0) is 7.05 Å². The van der Waals surface area contributed by atoms with Gasteiger partial charge in [-0.15, -0.1) is 5.10 Å². The number of nitrogens with zero attached hydrogens (tertiary/aromatic N) is 5. The summed E-state index contributed by atoms with van der Waals surface area (Å²) in [5, 5.41) is 18.3. The molecule has 0 saturated carbocycles. The van der Waals surface area contributed by atoms with E-state index in [2.05, 4.69) is 15.2 Å². The van der Waals surface area contributed by atoms with E-state index in [4.69, 9.17) is 16.3 Å². The topological polar surface area (TPSA) is 94.5 Å². The Hall–Kier alpha value is -3.39. The van der Waals surface area contributed by atoms with Crippen molar-refractivity contribution in [2.75, 3.05) is 7.11 Å². The molecule has 0 aliphatic carbocycles. The summed E-state index contributed by atoms with van der Waals surface area (Å²) in [5.41, 5.74) is 3.48. The highest BCUT2D eigenvalue weighted by Gasteiger charge is 2.16. The van der Waals surface area contributed by atoms with Gasteiger partial charge in [-0.25, -0.2) is 14.3 Å². The summed E-state index contributed by atoms with van der Waals surface area (Å²) >= 11 is 6.08. The second kappa shape index (κ2) is 6.40. The third-order valence-corrected chi connectivity index (χ3v) is 4.33. The van der Waals surface area contributed by atoms with E-state index >= 15 is 0 Å². The quantitative estimate of drug-likeness (QED) is 0.581. The number of hydrogen-bond donors (Lipinski definition) is 1. The zero-order chi connectivity index (χ0) is 19.1. The van der Waals surface area contributed by atoms with E-state index in [-0.39, 0.29) is 5.56 Å². The highest BCUT2D eigenvalue weighted by Crippen LogP contribution is 2.31. The Morgan fingerprint density at radius 1 is 1.19 bits per heavy atom. The highest BCUT2D eigenvalue weighted by molar-refractivity contribution is 6.31. The van der Waals surface area contributed by atoms with Crippen molar-refractivity contribution >= 4 is 23.2 Å². The number of aromatic carboxylic acids is 1. The third kappa shape index (κ3) is 3.00. The molecule has 3 aromatic heterocycles. The molecule has 0 unspecified atom stereocenters. The molecule has 0 aliphatic rings. The molecule has 27 heavy (non-hydrogen) atoms. The molecule has 0 aliphatic heterocycles. The number of hydrogen-bond acceptors (Lipinski definition) is 5. The third-order valence-electron chi connectivity index (χ3n) is 4.11. The van der Waals surface area contributed by atoms with Crippen LogP contribution in [0.3, 0.4) is 0 Å². The van der Waals surface area contributed by atoms with Crippen LogP contribution in [0.25, 0.3) is 28.0 Å². The van der Waals surface area contributed by atoms with Crippen molar-refractivity contribution in [2.24, 2.45) is 7.05 Å². The molecule has 8 nitrogen and oxygen atoms in total. The van der Waals surface area contributed by atoms with Crippen LogP contribution >= 0.6 is 11.6 Å². The van der Waals surface area contributed by atoms with E-state index in [0.717, 1.165) is 11.1 Å². The molecule has 136 valence electrons. The number of ether oxygens (including phenoxy) is 1. The van der Waals surface area contributed by atoms with Crippen molar-refractivity contribution in [3.8, 4) is 28.3 Å². The summed E-state index contributed by atoms with van der Waals surface area (Å²) < 4.78 is 8.73. The second-order valence-corrected chi connectivity index (χ2v) is 6.35. The van der Waals surface area contributed by atoms with E-state index in [0.29, 0.717) is 27.8 Å². The fourth-order valence-electron chi connectivity index (χ4n) is 2.87. The first-order valence-corrected chi connectivity index (χ1v) is 8.30. The van der Waals surface area contributed by atoms with Gasteiger partial charge in [0, 0.05) is 29.4 Å². The van der Waals surface area contributed by atoms with Crippen molar-refractivity contribution in [3.05, 3.63) is 53.4 Å². The monoisotopic (exact) mass is 383 g/mol. The van der Waals surface area contributed by atoms with Gasteiger partial charge in [0.1, 0.15) is 0 Å². The number of carbonyl (C=O) groups is 1. The Kier molecular flexibility index (Phi) is 4.04. The minimum Gasteiger partial charge on any atom is -0.480 e. The van der Waals surface area contributed by atoms with Crippen molar-refractivity contribution in [1.82, 2.24) is 24.4 Å². The Morgan fingerprint density at radius 2 is 2.00 bits per heavy atom. The zero-order valence-corrected chi connectivity index (χ0v) is 15.2. The maximum absolute atomic E-state index is 11.3. The lowest BCUT2D eigenvalue weighted by molar-refractivity contribution is 0.0697. The van der Waals surface area contributed by atoms with Gasteiger partial charge in [0.25, 0.3) is 0 Å². The predicted molar refractivity (Wildman–Crippen MR) is 99.1 cm³/mol. The summed E-state index contributed by atoms with van der Waals surface area (Å²) in [5.74, 6) is -0.660. The molecular formula is C18H14ClN5O3. The minimum atomic E-state index is -1.06. The summed E-state index contributed by atoms with van der Waals surface area (Å²) in [6.45, 7) is 0. The molecular weight excluding hydrogens is 370 g/mol.